The number of rotatable bonds is 2. The van der Waals surface area contributed by atoms with E-state index in [9.17, 15) is 13.2 Å². The Hall–Kier alpha value is -2.50. The molecular weight excluding hydrogens is 281 g/mol. The topological polar surface area (TPSA) is 26.5 Å². The summed E-state index contributed by atoms with van der Waals surface area (Å²) < 4.78 is 45.1. The first-order valence-electron chi connectivity index (χ1n) is 6.18. The van der Waals surface area contributed by atoms with Crippen LogP contribution in [0.5, 0.6) is 5.75 Å². The van der Waals surface area contributed by atoms with Crippen LogP contribution >= 0.6 is 0 Å². The smallest absolute Gasteiger partial charge is 0.416 e. The Morgan fingerprint density at radius 3 is 2.62 bits per heavy atom. The van der Waals surface area contributed by atoms with E-state index in [-0.39, 0.29) is 0 Å². The van der Waals surface area contributed by atoms with Gasteiger partial charge in [0.2, 0.25) is 0 Å². The number of halogens is 3. The van der Waals surface area contributed by atoms with E-state index in [0.717, 1.165) is 12.1 Å². The molecule has 0 saturated carbocycles. The molecule has 0 bridgehead atoms. The molecule has 1 aromatic carbocycles. The van der Waals surface area contributed by atoms with Gasteiger partial charge in [-0.1, -0.05) is 12.1 Å². The minimum Gasteiger partial charge on any atom is -0.495 e. The highest BCUT2D eigenvalue weighted by Gasteiger charge is 2.30. The van der Waals surface area contributed by atoms with E-state index >= 15 is 0 Å². The second-order valence-electron chi connectivity index (χ2n) is 4.54. The van der Waals surface area contributed by atoms with E-state index < -0.39 is 11.7 Å². The van der Waals surface area contributed by atoms with Crippen molar-refractivity contribution in [2.45, 2.75) is 6.18 Å². The number of hydrogen-bond acceptors (Lipinski definition) is 2. The number of nitrogens with zero attached hydrogens (tertiary/aromatic N) is 2. The second kappa shape index (κ2) is 4.80. The highest BCUT2D eigenvalue weighted by Crippen LogP contribution is 2.32. The highest BCUT2D eigenvalue weighted by atomic mass is 19.4. The van der Waals surface area contributed by atoms with Crippen molar-refractivity contribution in [3.63, 3.8) is 0 Å². The number of imidazole rings is 1. The van der Waals surface area contributed by atoms with Gasteiger partial charge in [-0.3, -0.25) is 0 Å². The van der Waals surface area contributed by atoms with Crippen LogP contribution < -0.4 is 4.74 Å². The van der Waals surface area contributed by atoms with Crippen molar-refractivity contribution < 1.29 is 17.9 Å². The predicted octanol–water partition coefficient (Wildman–Crippen LogP) is 4.03. The van der Waals surface area contributed by atoms with Gasteiger partial charge >= 0.3 is 6.18 Å². The standard InChI is InChI=1S/C15H11F3N2O/c1-21-12-5-6-14-19-13(9-20(14)8-12)10-3-2-4-11(7-10)15(16,17)18/h2-9H,1H3. The summed E-state index contributed by atoms with van der Waals surface area (Å²) in [5.41, 5.74) is 0.861. The Balaban J connectivity index is 2.08. The fraction of sp³-hybridized carbons (Fsp3) is 0.133. The number of hydrogen-bond donors (Lipinski definition) is 0. The molecule has 0 radical (unpaired) electrons. The zero-order valence-corrected chi connectivity index (χ0v) is 11.1. The lowest BCUT2D eigenvalue weighted by atomic mass is 10.1. The average Bonchev–Trinajstić information content (AvgIpc) is 2.89. The van der Waals surface area contributed by atoms with Gasteiger partial charge in [-0.05, 0) is 24.3 Å². The molecule has 2 aromatic heterocycles. The normalized spacial score (nSPS) is 11.8. The largest absolute Gasteiger partial charge is 0.495 e. The van der Waals surface area contributed by atoms with Crippen molar-refractivity contribution in [1.82, 2.24) is 9.38 Å². The molecule has 108 valence electrons. The second-order valence-corrected chi connectivity index (χ2v) is 4.54. The molecule has 0 atom stereocenters. The molecule has 6 heteroatoms. The monoisotopic (exact) mass is 292 g/mol. The van der Waals surface area contributed by atoms with Gasteiger partial charge in [-0.25, -0.2) is 4.98 Å². The SMILES string of the molecule is COc1ccc2nc(-c3cccc(C(F)(F)F)c3)cn2c1. The van der Waals surface area contributed by atoms with Crippen LogP contribution in [-0.4, -0.2) is 16.5 Å². The summed E-state index contributed by atoms with van der Waals surface area (Å²) in [6.07, 6.45) is -0.967. The van der Waals surface area contributed by atoms with Gasteiger partial charge in [-0.2, -0.15) is 13.2 Å². The van der Waals surface area contributed by atoms with Crippen LogP contribution in [0.25, 0.3) is 16.9 Å². The molecule has 0 unspecified atom stereocenters. The lowest BCUT2D eigenvalue weighted by molar-refractivity contribution is -0.137. The third-order valence-corrected chi connectivity index (χ3v) is 3.15. The molecule has 3 nitrogen and oxygen atoms in total. The maximum absolute atomic E-state index is 12.7. The molecule has 0 amide bonds. The molecule has 0 N–H and O–H groups in total. The van der Waals surface area contributed by atoms with Gasteiger partial charge in [0.25, 0.3) is 0 Å². The Labute approximate surface area is 118 Å². The summed E-state index contributed by atoms with van der Waals surface area (Å²) in [6, 6.07) is 8.62. The summed E-state index contributed by atoms with van der Waals surface area (Å²) in [5, 5.41) is 0. The Morgan fingerprint density at radius 2 is 1.90 bits per heavy atom. The predicted molar refractivity (Wildman–Crippen MR) is 72.2 cm³/mol. The molecule has 3 rings (SSSR count). The summed E-state index contributed by atoms with van der Waals surface area (Å²) >= 11 is 0. The number of ether oxygens (including phenoxy) is 1. The summed E-state index contributed by atoms with van der Waals surface area (Å²) in [7, 11) is 1.55. The first kappa shape index (κ1) is 13.5. The fourth-order valence-corrected chi connectivity index (χ4v) is 2.09. The van der Waals surface area contributed by atoms with Crippen LogP contribution in [0.2, 0.25) is 0 Å². The minimum absolute atomic E-state index is 0.424. The lowest BCUT2D eigenvalue weighted by Crippen LogP contribution is -2.04. The summed E-state index contributed by atoms with van der Waals surface area (Å²) in [4.78, 5) is 4.32. The Kier molecular flexibility index (Phi) is 3.08. The van der Waals surface area contributed by atoms with Crippen molar-refractivity contribution in [2.24, 2.45) is 0 Å². The first-order valence-corrected chi connectivity index (χ1v) is 6.18. The van der Waals surface area contributed by atoms with Gasteiger partial charge < -0.3 is 9.14 Å². The molecule has 3 aromatic rings. The molecular formula is C15H11F3N2O. The summed E-state index contributed by atoms with van der Waals surface area (Å²) in [5.74, 6) is 0.649. The molecule has 0 fully saturated rings. The molecule has 2 heterocycles. The third kappa shape index (κ3) is 2.56. The van der Waals surface area contributed by atoms with E-state index in [1.807, 2.05) is 0 Å². The number of methoxy groups -OCH3 is 1. The van der Waals surface area contributed by atoms with Gasteiger partial charge in [0, 0.05) is 11.8 Å². The zero-order valence-electron chi connectivity index (χ0n) is 11.1. The van der Waals surface area contributed by atoms with Crippen LogP contribution in [0.1, 0.15) is 5.56 Å². The summed E-state index contributed by atoms with van der Waals surface area (Å²) in [6.45, 7) is 0. The van der Waals surface area contributed by atoms with Crippen LogP contribution in [0.15, 0.2) is 48.8 Å². The van der Waals surface area contributed by atoms with Crippen molar-refractivity contribution in [3.05, 3.63) is 54.4 Å². The van der Waals surface area contributed by atoms with Gasteiger partial charge in [0.15, 0.2) is 0 Å². The number of pyridine rings is 1. The molecule has 21 heavy (non-hydrogen) atoms. The van der Waals surface area contributed by atoms with E-state index in [1.54, 1.807) is 42.1 Å². The number of benzene rings is 1. The minimum atomic E-state index is -4.36. The van der Waals surface area contributed by atoms with Gasteiger partial charge in [0.05, 0.1) is 24.6 Å². The third-order valence-electron chi connectivity index (χ3n) is 3.15. The van der Waals surface area contributed by atoms with Crippen molar-refractivity contribution in [1.29, 1.82) is 0 Å². The van der Waals surface area contributed by atoms with E-state index in [1.165, 1.54) is 6.07 Å². The number of fused-ring (bicyclic) bond motifs is 1. The number of aromatic nitrogens is 2. The zero-order chi connectivity index (χ0) is 15.0. The van der Waals surface area contributed by atoms with Crippen molar-refractivity contribution in [3.8, 4) is 17.0 Å². The average molecular weight is 292 g/mol. The molecule has 0 aliphatic rings. The maximum atomic E-state index is 12.7. The highest BCUT2D eigenvalue weighted by molar-refractivity contribution is 5.63. The van der Waals surface area contributed by atoms with Crippen LogP contribution in [0, 0.1) is 0 Å². The molecule has 0 saturated heterocycles. The van der Waals surface area contributed by atoms with Crippen LogP contribution in [0.4, 0.5) is 13.2 Å². The number of alkyl halides is 3. The van der Waals surface area contributed by atoms with Crippen molar-refractivity contribution in [2.75, 3.05) is 7.11 Å². The van der Waals surface area contributed by atoms with E-state index in [4.69, 9.17) is 4.74 Å². The van der Waals surface area contributed by atoms with Gasteiger partial charge in [0.1, 0.15) is 11.4 Å². The lowest BCUT2D eigenvalue weighted by Gasteiger charge is -2.07. The quantitative estimate of drug-likeness (QED) is 0.713. The van der Waals surface area contributed by atoms with Gasteiger partial charge in [-0.15, -0.1) is 0 Å². The van der Waals surface area contributed by atoms with E-state index in [0.29, 0.717) is 22.7 Å². The maximum Gasteiger partial charge on any atom is 0.416 e. The molecule has 0 spiro atoms. The Morgan fingerprint density at radius 1 is 1.10 bits per heavy atom. The van der Waals surface area contributed by atoms with Crippen LogP contribution in [-0.2, 0) is 6.18 Å². The fourth-order valence-electron chi connectivity index (χ4n) is 2.09. The Bertz CT molecular complexity index is 793. The van der Waals surface area contributed by atoms with Crippen molar-refractivity contribution >= 4 is 5.65 Å². The molecule has 0 aliphatic heterocycles. The molecule has 0 aliphatic carbocycles. The first-order chi connectivity index (χ1) is 9.97. The van der Waals surface area contributed by atoms with E-state index in [2.05, 4.69) is 4.98 Å². The van der Waals surface area contributed by atoms with Crippen LogP contribution in [0.3, 0.4) is 0 Å².